The molecule has 8 heteroatoms. The average Bonchev–Trinajstić information content (AvgIpc) is 2.90. The predicted octanol–water partition coefficient (Wildman–Crippen LogP) is 1.48. The van der Waals surface area contributed by atoms with E-state index in [0.717, 1.165) is 5.56 Å². The molecule has 2 rings (SSSR count). The van der Waals surface area contributed by atoms with Gasteiger partial charge in [0, 0.05) is 27.1 Å². The summed E-state index contributed by atoms with van der Waals surface area (Å²) in [4.78, 5) is 4.40. The second kappa shape index (κ2) is 6.55. The van der Waals surface area contributed by atoms with E-state index in [9.17, 15) is 8.42 Å². The molecule has 0 fully saturated rings. The van der Waals surface area contributed by atoms with Gasteiger partial charge in [0.25, 0.3) is 0 Å². The van der Waals surface area contributed by atoms with Crippen molar-refractivity contribution in [2.75, 3.05) is 14.1 Å². The Morgan fingerprint density at radius 1 is 1.27 bits per heavy atom. The van der Waals surface area contributed by atoms with Crippen LogP contribution in [0.2, 0.25) is 0 Å². The van der Waals surface area contributed by atoms with Crippen molar-refractivity contribution >= 4 is 10.0 Å². The number of rotatable bonds is 6. The molecule has 0 radical (unpaired) electrons. The molecule has 0 aliphatic carbocycles. The molecule has 0 bridgehead atoms. The van der Waals surface area contributed by atoms with Crippen LogP contribution in [0.5, 0.6) is 0 Å². The predicted molar refractivity (Wildman–Crippen MR) is 81.6 cm³/mol. The van der Waals surface area contributed by atoms with Gasteiger partial charge in [-0.05, 0) is 24.6 Å². The summed E-state index contributed by atoms with van der Waals surface area (Å²) in [5.74, 6) is 1.12. The van der Waals surface area contributed by atoms with Gasteiger partial charge in [-0.25, -0.2) is 12.7 Å². The van der Waals surface area contributed by atoms with Gasteiger partial charge in [0.1, 0.15) is 0 Å². The van der Waals surface area contributed by atoms with Gasteiger partial charge in [-0.2, -0.15) is 4.98 Å². The Balaban J connectivity index is 2.03. The van der Waals surface area contributed by atoms with Crippen molar-refractivity contribution in [1.82, 2.24) is 19.8 Å². The smallest absolute Gasteiger partial charge is 0.242 e. The van der Waals surface area contributed by atoms with E-state index in [4.69, 9.17) is 4.52 Å². The molecule has 1 aromatic carbocycles. The molecule has 1 aromatic heterocycles. The van der Waals surface area contributed by atoms with Crippen LogP contribution in [0, 0.1) is 6.92 Å². The molecule has 1 N–H and O–H groups in total. The number of nitrogens with zero attached hydrogens (tertiary/aromatic N) is 3. The molecule has 0 aliphatic heterocycles. The van der Waals surface area contributed by atoms with E-state index in [2.05, 4.69) is 15.5 Å². The SMILES string of the molecule is Cc1nc(CNC(C)c2ccc(S(=O)(=O)N(C)C)cc2)no1. The molecule has 1 atom stereocenters. The normalized spacial score (nSPS) is 13.5. The maximum absolute atomic E-state index is 12.0. The molecule has 1 unspecified atom stereocenters. The molecule has 0 aliphatic rings. The molecule has 0 saturated carbocycles. The summed E-state index contributed by atoms with van der Waals surface area (Å²) >= 11 is 0. The Hall–Kier alpha value is -1.77. The molecule has 7 nitrogen and oxygen atoms in total. The topological polar surface area (TPSA) is 88.3 Å². The molecule has 2 aromatic rings. The highest BCUT2D eigenvalue weighted by Crippen LogP contribution is 2.18. The highest BCUT2D eigenvalue weighted by molar-refractivity contribution is 7.89. The minimum atomic E-state index is -3.39. The molecule has 1 heterocycles. The number of nitrogens with one attached hydrogen (secondary N) is 1. The number of aromatic nitrogens is 2. The summed E-state index contributed by atoms with van der Waals surface area (Å²) in [5.41, 5.74) is 0.984. The molecule has 0 spiro atoms. The first kappa shape index (κ1) is 16.6. The fraction of sp³-hybridized carbons (Fsp3) is 0.429. The lowest BCUT2D eigenvalue weighted by Crippen LogP contribution is -2.22. The zero-order valence-corrected chi connectivity index (χ0v) is 13.9. The Bertz CT molecular complexity index is 723. The number of hydrogen-bond donors (Lipinski definition) is 1. The number of sulfonamides is 1. The number of aryl methyl sites for hydroxylation is 1. The van der Waals surface area contributed by atoms with Gasteiger partial charge in [0.05, 0.1) is 11.4 Å². The molecule has 0 saturated heterocycles. The second-order valence-electron chi connectivity index (χ2n) is 5.19. The van der Waals surface area contributed by atoms with Crippen molar-refractivity contribution in [2.24, 2.45) is 0 Å². The number of hydrogen-bond acceptors (Lipinski definition) is 6. The van der Waals surface area contributed by atoms with E-state index in [1.165, 1.54) is 18.4 Å². The van der Waals surface area contributed by atoms with Crippen LogP contribution in [0.15, 0.2) is 33.7 Å². The fourth-order valence-electron chi connectivity index (χ4n) is 1.91. The first-order chi connectivity index (χ1) is 10.3. The van der Waals surface area contributed by atoms with Crippen LogP contribution in [0.4, 0.5) is 0 Å². The van der Waals surface area contributed by atoms with Gasteiger partial charge in [-0.15, -0.1) is 0 Å². The quantitative estimate of drug-likeness (QED) is 0.866. The minimum absolute atomic E-state index is 0.0370. The molecular formula is C14H20N4O3S. The molecule has 120 valence electrons. The van der Waals surface area contributed by atoms with Gasteiger partial charge in [0.15, 0.2) is 5.82 Å². The second-order valence-corrected chi connectivity index (χ2v) is 7.34. The lowest BCUT2D eigenvalue weighted by molar-refractivity contribution is 0.384. The lowest BCUT2D eigenvalue weighted by Gasteiger charge is -2.15. The van der Waals surface area contributed by atoms with Crippen LogP contribution in [-0.4, -0.2) is 37.0 Å². The van der Waals surface area contributed by atoms with Crippen LogP contribution >= 0.6 is 0 Å². The summed E-state index contributed by atoms with van der Waals surface area (Å²) < 4.78 is 30.1. The van der Waals surface area contributed by atoms with Crippen LogP contribution in [0.25, 0.3) is 0 Å². The fourth-order valence-corrected chi connectivity index (χ4v) is 2.82. The summed E-state index contributed by atoms with van der Waals surface area (Å²) in [7, 11) is -0.363. The van der Waals surface area contributed by atoms with Crippen LogP contribution < -0.4 is 5.32 Å². The number of benzene rings is 1. The summed E-state index contributed by atoms with van der Waals surface area (Å²) in [6.07, 6.45) is 0. The Morgan fingerprint density at radius 2 is 1.91 bits per heavy atom. The third-order valence-corrected chi connectivity index (χ3v) is 5.12. The van der Waals surface area contributed by atoms with E-state index in [0.29, 0.717) is 18.3 Å². The average molecular weight is 324 g/mol. The van der Waals surface area contributed by atoms with Crippen molar-refractivity contribution in [3.63, 3.8) is 0 Å². The molecule has 0 amide bonds. The maximum atomic E-state index is 12.0. The maximum Gasteiger partial charge on any atom is 0.242 e. The van der Waals surface area contributed by atoms with Gasteiger partial charge in [-0.3, -0.25) is 0 Å². The van der Waals surface area contributed by atoms with E-state index in [1.54, 1.807) is 31.2 Å². The first-order valence-corrected chi connectivity index (χ1v) is 8.30. The third-order valence-electron chi connectivity index (χ3n) is 3.29. The van der Waals surface area contributed by atoms with E-state index < -0.39 is 10.0 Å². The Kier molecular flexibility index (Phi) is 4.94. The van der Waals surface area contributed by atoms with Crippen molar-refractivity contribution in [1.29, 1.82) is 0 Å². The van der Waals surface area contributed by atoms with Crippen LogP contribution in [0.1, 0.15) is 30.2 Å². The first-order valence-electron chi connectivity index (χ1n) is 6.86. The molecular weight excluding hydrogens is 304 g/mol. The van der Waals surface area contributed by atoms with E-state index in [1.807, 2.05) is 6.92 Å². The van der Waals surface area contributed by atoms with Gasteiger partial charge in [-0.1, -0.05) is 17.3 Å². The summed E-state index contributed by atoms with van der Waals surface area (Å²) in [5, 5.41) is 7.08. The van der Waals surface area contributed by atoms with Crippen molar-refractivity contribution in [2.45, 2.75) is 31.3 Å². The summed E-state index contributed by atoms with van der Waals surface area (Å²) in [6, 6.07) is 6.86. The standard InChI is InChI=1S/C14H20N4O3S/c1-10(15-9-14-16-11(2)21-17-14)12-5-7-13(8-6-12)22(19,20)18(3)4/h5-8,10,15H,9H2,1-4H3. The third kappa shape index (κ3) is 3.70. The summed E-state index contributed by atoms with van der Waals surface area (Å²) in [6.45, 7) is 4.21. The van der Waals surface area contributed by atoms with Crippen molar-refractivity contribution in [3.05, 3.63) is 41.5 Å². The van der Waals surface area contributed by atoms with Crippen molar-refractivity contribution < 1.29 is 12.9 Å². The zero-order valence-electron chi connectivity index (χ0n) is 13.1. The van der Waals surface area contributed by atoms with E-state index >= 15 is 0 Å². The zero-order chi connectivity index (χ0) is 16.3. The Labute approximate surface area is 130 Å². The van der Waals surface area contributed by atoms with Gasteiger partial charge in [0.2, 0.25) is 15.9 Å². The Morgan fingerprint density at radius 3 is 2.41 bits per heavy atom. The van der Waals surface area contributed by atoms with Crippen molar-refractivity contribution in [3.8, 4) is 0 Å². The highest BCUT2D eigenvalue weighted by atomic mass is 32.2. The lowest BCUT2D eigenvalue weighted by atomic mass is 10.1. The van der Waals surface area contributed by atoms with Gasteiger partial charge < -0.3 is 9.84 Å². The van der Waals surface area contributed by atoms with Crippen LogP contribution in [0.3, 0.4) is 0 Å². The largest absolute Gasteiger partial charge is 0.340 e. The van der Waals surface area contributed by atoms with Crippen LogP contribution in [-0.2, 0) is 16.6 Å². The monoisotopic (exact) mass is 324 g/mol. The van der Waals surface area contributed by atoms with Gasteiger partial charge >= 0.3 is 0 Å². The molecule has 22 heavy (non-hydrogen) atoms. The highest BCUT2D eigenvalue weighted by Gasteiger charge is 2.17. The minimum Gasteiger partial charge on any atom is -0.340 e. The van der Waals surface area contributed by atoms with E-state index in [-0.39, 0.29) is 10.9 Å².